The van der Waals surface area contributed by atoms with Crippen LogP contribution in [0, 0.1) is 0 Å². The molecule has 0 amide bonds. The van der Waals surface area contributed by atoms with Crippen LogP contribution in [0.5, 0.6) is 0 Å². The lowest BCUT2D eigenvalue weighted by atomic mass is 10.3. The van der Waals surface area contributed by atoms with Crippen LogP contribution in [0.25, 0.3) is 10.9 Å². The number of benzene rings is 1. The highest BCUT2D eigenvalue weighted by Crippen LogP contribution is 2.13. The summed E-state index contributed by atoms with van der Waals surface area (Å²) in [5, 5.41) is 7.28. The normalized spacial score (nSPS) is 17.3. The first-order valence-corrected chi connectivity index (χ1v) is 5.30. The largest absolute Gasteiger partial charge is 0.298 e. The van der Waals surface area contributed by atoms with Gasteiger partial charge in [0.25, 0.3) is 0 Å². The van der Waals surface area contributed by atoms with E-state index in [-0.39, 0.29) is 0 Å². The lowest BCUT2D eigenvalue weighted by Gasteiger charge is -2.14. The van der Waals surface area contributed by atoms with E-state index in [1.165, 1.54) is 12.8 Å². The molecule has 4 heteroatoms. The Morgan fingerprint density at radius 1 is 1.13 bits per heavy atom. The van der Waals surface area contributed by atoms with E-state index < -0.39 is 0 Å². The summed E-state index contributed by atoms with van der Waals surface area (Å²) in [7, 11) is 0. The Hall–Kier alpha value is -1.55. The van der Waals surface area contributed by atoms with E-state index in [0.717, 1.165) is 24.0 Å². The van der Waals surface area contributed by atoms with Gasteiger partial charge >= 0.3 is 0 Å². The van der Waals surface area contributed by atoms with Gasteiger partial charge in [-0.05, 0) is 18.9 Å². The highest BCUT2D eigenvalue weighted by atomic mass is 16.8. The van der Waals surface area contributed by atoms with Crippen LogP contribution >= 0.6 is 0 Å². The Labute approximate surface area is 88.0 Å². The molecule has 4 nitrogen and oxygen atoms in total. The number of fused-ring (bicyclic) bond motifs is 1. The van der Waals surface area contributed by atoms with Crippen LogP contribution in [0.2, 0.25) is 0 Å². The first-order chi connectivity index (χ1) is 7.43. The molecule has 0 bridgehead atoms. The van der Waals surface area contributed by atoms with E-state index in [2.05, 4.69) is 5.10 Å². The van der Waals surface area contributed by atoms with E-state index >= 15 is 0 Å². The van der Waals surface area contributed by atoms with Crippen molar-refractivity contribution < 1.29 is 4.94 Å². The van der Waals surface area contributed by atoms with Gasteiger partial charge < -0.3 is 0 Å². The second kappa shape index (κ2) is 3.55. The molecule has 1 aromatic carbocycles. The standard InChI is InChI=1S/C11H13N3O/c1-2-6-11-10(5-1)9-12-14(11)15-13-7-3-4-8-13/h1-2,5-6,9H,3-4,7-8H2. The molecule has 0 spiro atoms. The predicted octanol–water partition coefficient (Wildman–Crippen LogP) is 1.48. The van der Waals surface area contributed by atoms with Gasteiger partial charge in [-0.25, -0.2) is 0 Å². The summed E-state index contributed by atoms with van der Waals surface area (Å²) in [4.78, 5) is 7.27. The van der Waals surface area contributed by atoms with Crippen LogP contribution in [-0.4, -0.2) is 28.1 Å². The van der Waals surface area contributed by atoms with Crippen LogP contribution in [0.3, 0.4) is 0 Å². The van der Waals surface area contributed by atoms with Crippen molar-refractivity contribution in [2.75, 3.05) is 13.1 Å². The summed E-state index contributed by atoms with van der Waals surface area (Å²) in [5.41, 5.74) is 1.02. The Morgan fingerprint density at radius 3 is 2.80 bits per heavy atom. The zero-order chi connectivity index (χ0) is 10.1. The van der Waals surface area contributed by atoms with Crippen molar-refractivity contribution in [3.05, 3.63) is 30.5 Å². The molecule has 0 aliphatic carbocycles. The maximum Gasteiger partial charge on any atom is 0.112 e. The lowest BCUT2D eigenvalue weighted by Crippen LogP contribution is -2.31. The van der Waals surface area contributed by atoms with Crippen molar-refractivity contribution >= 4 is 10.9 Å². The van der Waals surface area contributed by atoms with Crippen molar-refractivity contribution in [3.8, 4) is 0 Å². The quantitative estimate of drug-likeness (QED) is 0.740. The molecule has 3 rings (SSSR count). The van der Waals surface area contributed by atoms with Crippen molar-refractivity contribution in [2.24, 2.45) is 0 Å². The topological polar surface area (TPSA) is 30.3 Å². The second-order valence-electron chi connectivity index (χ2n) is 3.79. The number of aromatic nitrogens is 2. The van der Waals surface area contributed by atoms with Crippen LogP contribution in [0.15, 0.2) is 30.5 Å². The molecule has 0 unspecified atom stereocenters. The second-order valence-corrected chi connectivity index (χ2v) is 3.79. The molecule has 1 fully saturated rings. The lowest BCUT2D eigenvalue weighted by molar-refractivity contribution is -0.155. The summed E-state index contributed by atoms with van der Waals surface area (Å²) in [5.74, 6) is 0. The van der Waals surface area contributed by atoms with E-state index in [1.54, 1.807) is 4.85 Å². The fourth-order valence-corrected chi connectivity index (χ4v) is 1.89. The van der Waals surface area contributed by atoms with Gasteiger partial charge in [-0.3, -0.25) is 4.94 Å². The zero-order valence-corrected chi connectivity index (χ0v) is 8.47. The van der Waals surface area contributed by atoms with E-state index in [0.29, 0.717) is 0 Å². The van der Waals surface area contributed by atoms with Gasteiger partial charge in [0.2, 0.25) is 0 Å². The molecule has 0 N–H and O–H groups in total. The van der Waals surface area contributed by atoms with Gasteiger partial charge in [0.05, 0.1) is 6.20 Å². The number of hydroxylamine groups is 2. The van der Waals surface area contributed by atoms with Gasteiger partial charge in [-0.2, -0.15) is 0 Å². The Bertz CT molecular complexity index is 460. The molecule has 15 heavy (non-hydrogen) atoms. The van der Waals surface area contributed by atoms with Gasteiger partial charge in [0, 0.05) is 18.5 Å². The number of hydrogen-bond donors (Lipinski definition) is 0. The van der Waals surface area contributed by atoms with Gasteiger partial charge in [-0.1, -0.05) is 23.0 Å². The van der Waals surface area contributed by atoms with Gasteiger partial charge in [0.15, 0.2) is 0 Å². The third-order valence-corrected chi connectivity index (χ3v) is 2.70. The monoisotopic (exact) mass is 203 g/mol. The first kappa shape index (κ1) is 8.73. The average Bonchev–Trinajstić information content (AvgIpc) is 2.89. The van der Waals surface area contributed by atoms with Crippen LogP contribution < -0.4 is 4.94 Å². The fourth-order valence-electron chi connectivity index (χ4n) is 1.89. The van der Waals surface area contributed by atoms with E-state index in [1.807, 2.05) is 35.5 Å². The van der Waals surface area contributed by atoms with E-state index in [9.17, 15) is 0 Å². The maximum atomic E-state index is 5.67. The molecule has 0 saturated carbocycles. The van der Waals surface area contributed by atoms with Gasteiger partial charge in [0.1, 0.15) is 5.52 Å². The summed E-state index contributed by atoms with van der Waals surface area (Å²) in [6, 6.07) is 8.04. The minimum Gasteiger partial charge on any atom is -0.298 e. The maximum absolute atomic E-state index is 5.67. The molecule has 0 atom stereocenters. The first-order valence-electron chi connectivity index (χ1n) is 5.30. The smallest absolute Gasteiger partial charge is 0.112 e. The van der Waals surface area contributed by atoms with Crippen LogP contribution in [0.1, 0.15) is 12.8 Å². The molecule has 78 valence electrons. The molecule has 1 aromatic heterocycles. The Kier molecular flexibility index (Phi) is 2.07. The minimum absolute atomic E-state index is 0.994. The molecule has 0 radical (unpaired) electrons. The summed E-state index contributed by atoms with van der Waals surface area (Å²) in [6.07, 6.45) is 4.24. The third-order valence-electron chi connectivity index (χ3n) is 2.70. The molecular formula is C11H13N3O. The summed E-state index contributed by atoms with van der Waals surface area (Å²) in [6.45, 7) is 1.99. The third kappa shape index (κ3) is 1.57. The molecule has 2 heterocycles. The average molecular weight is 203 g/mol. The van der Waals surface area contributed by atoms with Crippen molar-refractivity contribution in [1.29, 1.82) is 0 Å². The highest BCUT2D eigenvalue weighted by molar-refractivity contribution is 5.77. The highest BCUT2D eigenvalue weighted by Gasteiger charge is 2.14. The number of hydrogen-bond acceptors (Lipinski definition) is 3. The van der Waals surface area contributed by atoms with Crippen molar-refractivity contribution in [2.45, 2.75) is 12.8 Å². The zero-order valence-electron chi connectivity index (χ0n) is 8.47. The number of rotatable bonds is 2. The van der Waals surface area contributed by atoms with Crippen LogP contribution in [0.4, 0.5) is 0 Å². The minimum atomic E-state index is 0.994. The van der Waals surface area contributed by atoms with Crippen molar-refractivity contribution in [1.82, 2.24) is 15.0 Å². The molecule has 1 aliphatic rings. The Balaban J connectivity index is 1.90. The van der Waals surface area contributed by atoms with E-state index in [4.69, 9.17) is 4.94 Å². The molecule has 1 saturated heterocycles. The summed E-state index contributed by atoms with van der Waals surface area (Å²) >= 11 is 0. The number of nitrogens with zero attached hydrogens (tertiary/aromatic N) is 3. The summed E-state index contributed by atoms with van der Waals surface area (Å²) < 4.78 is 0. The number of para-hydroxylation sites is 1. The van der Waals surface area contributed by atoms with Crippen molar-refractivity contribution in [3.63, 3.8) is 0 Å². The molecule has 1 aliphatic heterocycles. The fraction of sp³-hybridized carbons (Fsp3) is 0.364. The van der Waals surface area contributed by atoms with Gasteiger partial charge in [-0.15, -0.1) is 10.2 Å². The molecular weight excluding hydrogens is 190 g/mol. The van der Waals surface area contributed by atoms with Crippen LogP contribution in [-0.2, 0) is 0 Å². The Morgan fingerprint density at radius 2 is 1.93 bits per heavy atom. The SMILES string of the molecule is c1ccc2c(c1)cnn2ON1CCCC1. The predicted molar refractivity (Wildman–Crippen MR) is 57.1 cm³/mol. The molecule has 2 aromatic rings.